The molecule has 1 amide bonds. The lowest BCUT2D eigenvalue weighted by Crippen LogP contribution is -2.48. The molecule has 2 aliphatic heterocycles. The summed E-state index contributed by atoms with van der Waals surface area (Å²) in [6.45, 7) is 1.75. The van der Waals surface area contributed by atoms with Crippen molar-refractivity contribution in [2.75, 3.05) is 25.0 Å². The van der Waals surface area contributed by atoms with Crippen LogP contribution in [0.2, 0.25) is 5.02 Å². The molecule has 0 spiro atoms. The smallest absolute Gasteiger partial charge is 0.231 e. The Kier molecular flexibility index (Phi) is 2.60. The van der Waals surface area contributed by atoms with E-state index in [0.29, 0.717) is 5.92 Å². The zero-order chi connectivity index (χ0) is 12.0. The summed E-state index contributed by atoms with van der Waals surface area (Å²) in [4.78, 5) is 14.0. The lowest BCUT2D eigenvalue weighted by atomic mass is 9.77. The van der Waals surface area contributed by atoms with Gasteiger partial charge in [0.05, 0.1) is 5.92 Å². The number of halogens is 1. The molecule has 2 unspecified atom stereocenters. The first-order valence-electron chi connectivity index (χ1n) is 5.96. The zero-order valence-corrected chi connectivity index (χ0v) is 10.5. The molecule has 1 fully saturated rings. The Bertz CT molecular complexity index is 474. The molecule has 0 saturated carbocycles. The minimum atomic E-state index is 0.0692. The van der Waals surface area contributed by atoms with Crippen LogP contribution >= 0.6 is 11.6 Å². The van der Waals surface area contributed by atoms with Gasteiger partial charge in [-0.15, -0.1) is 0 Å². The van der Waals surface area contributed by atoms with Crippen LogP contribution in [0, 0.1) is 5.92 Å². The first-order chi connectivity index (χ1) is 8.18. The van der Waals surface area contributed by atoms with E-state index in [0.717, 1.165) is 30.2 Å². The molecular weight excluding hydrogens is 236 g/mol. The van der Waals surface area contributed by atoms with Crippen molar-refractivity contribution < 1.29 is 4.79 Å². The number of nitrogens with zero attached hydrogens (tertiary/aromatic N) is 1. The van der Waals surface area contributed by atoms with E-state index >= 15 is 0 Å². The largest absolute Gasteiger partial charge is 0.316 e. The maximum Gasteiger partial charge on any atom is 0.231 e. The topological polar surface area (TPSA) is 32.3 Å². The van der Waals surface area contributed by atoms with Gasteiger partial charge in [-0.25, -0.2) is 0 Å². The van der Waals surface area contributed by atoms with Crippen LogP contribution < -0.4 is 10.2 Å². The first-order valence-corrected chi connectivity index (χ1v) is 6.34. The quantitative estimate of drug-likeness (QED) is 0.764. The number of hydrogen-bond donors (Lipinski definition) is 1. The number of nitrogens with one attached hydrogen (secondary N) is 1. The first kappa shape index (κ1) is 11.1. The number of amides is 1. The Morgan fingerprint density at radius 1 is 1.41 bits per heavy atom. The van der Waals surface area contributed by atoms with Gasteiger partial charge in [-0.05, 0) is 36.7 Å². The van der Waals surface area contributed by atoms with E-state index in [9.17, 15) is 4.79 Å². The SMILES string of the molecule is CN1C(=O)C2CNCCC2c2cc(Cl)ccc21. The number of hydrogen-bond acceptors (Lipinski definition) is 2. The molecule has 0 bridgehead atoms. The van der Waals surface area contributed by atoms with E-state index in [-0.39, 0.29) is 11.8 Å². The van der Waals surface area contributed by atoms with E-state index in [1.807, 2.05) is 25.2 Å². The van der Waals surface area contributed by atoms with Crippen molar-refractivity contribution in [2.45, 2.75) is 12.3 Å². The lowest BCUT2D eigenvalue weighted by Gasteiger charge is -2.40. The van der Waals surface area contributed by atoms with Crippen LogP contribution in [0.3, 0.4) is 0 Å². The average molecular weight is 251 g/mol. The van der Waals surface area contributed by atoms with Crippen LogP contribution in [0.4, 0.5) is 5.69 Å². The Hall–Kier alpha value is -1.06. The Labute approximate surface area is 106 Å². The van der Waals surface area contributed by atoms with Gasteiger partial charge in [-0.3, -0.25) is 4.79 Å². The Morgan fingerprint density at radius 2 is 2.24 bits per heavy atom. The minimum absolute atomic E-state index is 0.0692. The minimum Gasteiger partial charge on any atom is -0.316 e. The number of rotatable bonds is 0. The highest BCUT2D eigenvalue weighted by Gasteiger charge is 2.39. The van der Waals surface area contributed by atoms with Crippen molar-refractivity contribution in [2.24, 2.45) is 5.92 Å². The molecule has 1 saturated heterocycles. The fraction of sp³-hybridized carbons (Fsp3) is 0.462. The molecule has 3 rings (SSSR count). The Morgan fingerprint density at radius 3 is 3.06 bits per heavy atom. The summed E-state index contributed by atoms with van der Waals surface area (Å²) in [6, 6.07) is 5.82. The van der Waals surface area contributed by atoms with Gasteiger partial charge in [0.1, 0.15) is 0 Å². The summed E-state index contributed by atoms with van der Waals surface area (Å²) < 4.78 is 0. The standard InChI is InChI=1S/C13H15ClN2O/c1-16-12-3-2-8(14)6-10(12)9-4-5-15-7-11(9)13(16)17/h2-3,6,9,11,15H,4-5,7H2,1H3. The summed E-state index contributed by atoms with van der Waals surface area (Å²) in [6.07, 6.45) is 1.01. The molecule has 0 radical (unpaired) electrons. The molecule has 0 aromatic heterocycles. The van der Waals surface area contributed by atoms with Crippen molar-refractivity contribution >= 4 is 23.2 Å². The highest BCUT2D eigenvalue weighted by atomic mass is 35.5. The molecule has 2 aliphatic rings. The molecule has 1 aromatic rings. The number of anilines is 1. The summed E-state index contributed by atoms with van der Waals surface area (Å²) in [5.74, 6) is 0.616. The van der Waals surface area contributed by atoms with Gasteiger partial charge >= 0.3 is 0 Å². The monoisotopic (exact) mass is 250 g/mol. The van der Waals surface area contributed by atoms with Crippen molar-refractivity contribution in [1.82, 2.24) is 5.32 Å². The van der Waals surface area contributed by atoms with E-state index in [4.69, 9.17) is 11.6 Å². The normalized spacial score (nSPS) is 27.6. The number of carbonyl (C=O) groups excluding carboxylic acids is 1. The third-order valence-corrected chi connectivity index (χ3v) is 4.12. The molecule has 1 aromatic carbocycles. The van der Waals surface area contributed by atoms with Gasteiger partial charge in [0, 0.05) is 30.2 Å². The summed E-state index contributed by atoms with van der Waals surface area (Å²) in [5.41, 5.74) is 2.24. The van der Waals surface area contributed by atoms with Gasteiger partial charge in [0.2, 0.25) is 5.91 Å². The second-order valence-corrected chi connectivity index (χ2v) is 5.24. The lowest BCUT2D eigenvalue weighted by molar-refractivity contribution is -0.123. The van der Waals surface area contributed by atoms with E-state index in [1.165, 1.54) is 5.56 Å². The number of benzene rings is 1. The molecule has 0 aliphatic carbocycles. The molecule has 1 N–H and O–H groups in total. The van der Waals surface area contributed by atoms with E-state index < -0.39 is 0 Å². The van der Waals surface area contributed by atoms with Crippen molar-refractivity contribution in [1.29, 1.82) is 0 Å². The average Bonchev–Trinajstić information content (AvgIpc) is 2.36. The molecular formula is C13H15ClN2O. The van der Waals surface area contributed by atoms with Gasteiger partial charge in [-0.2, -0.15) is 0 Å². The predicted octanol–water partition coefficient (Wildman–Crippen LogP) is 2.01. The number of piperidine rings is 1. The van der Waals surface area contributed by atoms with Crippen LogP contribution in [0.15, 0.2) is 18.2 Å². The Balaban J connectivity index is 2.13. The van der Waals surface area contributed by atoms with Crippen LogP contribution in [0.5, 0.6) is 0 Å². The molecule has 90 valence electrons. The molecule has 4 heteroatoms. The highest BCUT2D eigenvalue weighted by molar-refractivity contribution is 6.30. The second-order valence-electron chi connectivity index (χ2n) is 4.81. The molecule has 2 heterocycles. The van der Waals surface area contributed by atoms with Crippen LogP contribution in [0.25, 0.3) is 0 Å². The van der Waals surface area contributed by atoms with Crippen LogP contribution in [-0.2, 0) is 4.79 Å². The fourth-order valence-corrected chi connectivity index (χ4v) is 3.17. The van der Waals surface area contributed by atoms with Crippen molar-refractivity contribution in [3.05, 3.63) is 28.8 Å². The molecule has 2 atom stereocenters. The van der Waals surface area contributed by atoms with Gasteiger partial charge in [0.15, 0.2) is 0 Å². The van der Waals surface area contributed by atoms with E-state index in [1.54, 1.807) is 4.90 Å². The van der Waals surface area contributed by atoms with Gasteiger partial charge in [-0.1, -0.05) is 11.6 Å². The van der Waals surface area contributed by atoms with E-state index in [2.05, 4.69) is 5.32 Å². The predicted molar refractivity (Wildman–Crippen MR) is 68.6 cm³/mol. The highest BCUT2D eigenvalue weighted by Crippen LogP contribution is 2.42. The molecule has 17 heavy (non-hydrogen) atoms. The van der Waals surface area contributed by atoms with Crippen molar-refractivity contribution in [3.63, 3.8) is 0 Å². The fourth-order valence-electron chi connectivity index (χ4n) is 2.99. The molecule has 3 nitrogen and oxygen atoms in total. The maximum absolute atomic E-state index is 12.3. The second kappa shape index (κ2) is 4.00. The van der Waals surface area contributed by atoms with Crippen molar-refractivity contribution in [3.8, 4) is 0 Å². The van der Waals surface area contributed by atoms with Gasteiger partial charge in [0.25, 0.3) is 0 Å². The zero-order valence-electron chi connectivity index (χ0n) is 9.74. The number of carbonyl (C=O) groups is 1. The van der Waals surface area contributed by atoms with Crippen LogP contribution in [0.1, 0.15) is 17.9 Å². The maximum atomic E-state index is 12.3. The third-order valence-electron chi connectivity index (χ3n) is 3.88. The number of fused-ring (bicyclic) bond motifs is 3. The van der Waals surface area contributed by atoms with Crippen LogP contribution in [-0.4, -0.2) is 26.0 Å². The summed E-state index contributed by atoms with van der Waals surface area (Å²) in [7, 11) is 1.85. The summed E-state index contributed by atoms with van der Waals surface area (Å²) >= 11 is 6.07. The van der Waals surface area contributed by atoms with Gasteiger partial charge < -0.3 is 10.2 Å². The third kappa shape index (κ3) is 1.65. The summed E-state index contributed by atoms with van der Waals surface area (Å²) in [5, 5.41) is 4.05.